The van der Waals surface area contributed by atoms with Crippen LogP contribution in [0.4, 0.5) is 0 Å². The SMILES string of the molecule is CN=C(NCc1ccc(OC)c(OC)c1OC)N(C)CCOc1ccccc1.I. The van der Waals surface area contributed by atoms with Crippen LogP contribution < -0.4 is 24.3 Å². The van der Waals surface area contributed by atoms with E-state index in [4.69, 9.17) is 18.9 Å². The number of hydrogen-bond donors (Lipinski definition) is 1. The van der Waals surface area contributed by atoms with Gasteiger partial charge in [0, 0.05) is 26.2 Å². The van der Waals surface area contributed by atoms with Crippen LogP contribution in [-0.4, -0.2) is 59.4 Å². The number of ether oxygens (including phenoxy) is 4. The third kappa shape index (κ3) is 6.88. The molecule has 0 amide bonds. The van der Waals surface area contributed by atoms with Gasteiger partial charge in [-0.05, 0) is 24.3 Å². The molecule has 2 rings (SSSR count). The minimum Gasteiger partial charge on any atom is -0.493 e. The molecule has 0 spiro atoms. The minimum absolute atomic E-state index is 0. The standard InChI is InChI=1S/C21H29N3O4.HI/c1-22-21(24(2)13-14-28-17-9-7-6-8-10-17)23-15-16-11-12-18(25-3)20(27-5)19(16)26-4;/h6-12H,13-15H2,1-5H3,(H,22,23);1H. The summed E-state index contributed by atoms with van der Waals surface area (Å²) in [5.74, 6) is 3.45. The fraction of sp³-hybridized carbons (Fsp3) is 0.381. The second-order valence-electron chi connectivity index (χ2n) is 5.98. The number of likely N-dealkylation sites (N-methyl/N-ethyl adjacent to an activating group) is 1. The van der Waals surface area contributed by atoms with Crippen molar-refractivity contribution in [2.75, 3.05) is 48.6 Å². The van der Waals surface area contributed by atoms with Crippen LogP contribution in [0.25, 0.3) is 0 Å². The zero-order valence-electron chi connectivity index (χ0n) is 17.6. The molecule has 1 N–H and O–H groups in total. The van der Waals surface area contributed by atoms with E-state index in [1.807, 2.05) is 54.4 Å². The van der Waals surface area contributed by atoms with Crippen LogP contribution in [0.2, 0.25) is 0 Å². The molecule has 0 atom stereocenters. The van der Waals surface area contributed by atoms with Crippen LogP contribution in [0.15, 0.2) is 47.5 Å². The second-order valence-corrected chi connectivity index (χ2v) is 5.98. The van der Waals surface area contributed by atoms with Crippen LogP contribution >= 0.6 is 24.0 Å². The number of rotatable bonds is 9. The monoisotopic (exact) mass is 515 g/mol. The van der Waals surface area contributed by atoms with Crippen molar-refractivity contribution in [1.29, 1.82) is 0 Å². The lowest BCUT2D eigenvalue weighted by Crippen LogP contribution is -2.40. The summed E-state index contributed by atoms with van der Waals surface area (Å²) in [7, 11) is 8.53. The Morgan fingerprint density at radius 2 is 1.66 bits per heavy atom. The molecule has 0 radical (unpaired) electrons. The summed E-state index contributed by atoms with van der Waals surface area (Å²) >= 11 is 0. The highest BCUT2D eigenvalue weighted by atomic mass is 127. The molecule has 7 nitrogen and oxygen atoms in total. The number of nitrogens with one attached hydrogen (secondary N) is 1. The van der Waals surface area contributed by atoms with Crippen molar-refractivity contribution in [2.24, 2.45) is 4.99 Å². The molecule has 0 aliphatic rings. The average Bonchev–Trinajstić information content (AvgIpc) is 2.74. The van der Waals surface area contributed by atoms with E-state index in [0.29, 0.717) is 36.9 Å². The van der Waals surface area contributed by atoms with Crippen LogP contribution in [0.1, 0.15) is 5.56 Å². The molecule has 0 heterocycles. The predicted octanol–water partition coefficient (Wildman–Crippen LogP) is 3.42. The zero-order chi connectivity index (χ0) is 20.4. The van der Waals surface area contributed by atoms with Gasteiger partial charge >= 0.3 is 0 Å². The van der Waals surface area contributed by atoms with Crippen molar-refractivity contribution < 1.29 is 18.9 Å². The first-order chi connectivity index (χ1) is 13.6. The van der Waals surface area contributed by atoms with E-state index in [-0.39, 0.29) is 24.0 Å². The Morgan fingerprint density at radius 1 is 0.966 bits per heavy atom. The van der Waals surface area contributed by atoms with Crippen LogP contribution in [-0.2, 0) is 6.54 Å². The fourth-order valence-corrected chi connectivity index (χ4v) is 2.78. The van der Waals surface area contributed by atoms with Gasteiger partial charge in [0.25, 0.3) is 0 Å². The van der Waals surface area contributed by atoms with Crippen LogP contribution in [0, 0.1) is 0 Å². The normalized spacial score (nSPS) is 10.6. The van der Waals surface area contributed by atoms with E-state index in [9.17, 15) is 0 Å². The number of benzene rings is 2. The van der Waals surface area contributed by atoms with Gasteiger partial charge in [-0.3, -0.25) is 4.99 Å². The van der Waals surface area contributed by atoms with E-state index in [1.165, 1.54) is 0 Å². The molecule has 0 unspecified atom stereocenters. The molecule has 160 valence electrons. The van der Waals surface area contributed by atoms with Gasteiger partial charge in [0.15, 0.2) is 17.5 Å². The van der Waals surface area contributed by atoms with Gasteiger partial charge in [-0.2, -0.15) is 0 Å². The Bertz CT molecular complexity index is 772. The quantitative estimate of drug-likeness (QED) is 0.314. The minimum atomic E-state index is 0. The summed E-state index contributed by atoms with van der Waals surface area (Å²) in [6.45, 7) is 1.78. The molecule has 0 aliphatic heterocycles. The Balaban J connectivity index is 0.00000420. The summed E-state index contributed by atoms with van der Waals surface area (Å²) in [5, 5.41) is 3.34. The lowest BCUT2D eigenvalue weighted by atomic mass is 10.1. The summed E-state index contributed by atoms with van der Waals surface area (Å²) in [6.07, 6.45) is 0. The highest BCUT2D eigenvalue weighted by molar-refractivity contribution is 14.0. The Labute approximate surface area is 190 Å². The molecular formula is C21H30IN3O4. The van der Waals surface area contributed by atoms with Gasteiger partial charge in [-0.25, -0.2) is 0 Å². The van der Waals surface area contributed by atoms with Crippen molar-refractivity contribution in [1.82, 2.24) is 10.2 Å². The molecule has 0 bridgehead atoms. The summed E-state index contributed by atoms with van der Waals surface area (Å²) < 4.78 is 22.1. The van der Waals surface area contributed by atoms with Gasteiger partial charge in [0.1, 0.15) is 12.4 Å². The highest BCUT2D eigenvalue weighted by Crippen LogP contribution is 2.39. The topological polar surface area (TPSA) is 64.6 Å². The maximum Gasteiger partial charge on any atom is 0.203 e. The van der Waals surface area contributed by atoms with Crippen molar-refractivity contribution in [3.63, 3.8) is 0 Å². The number of aliphatic imine (C=N–C) groups is 1. The van der Waals surface area contributed by atoms with E-state index in [2.05, 4.69) is 10.3 Å². The molecule has 0 aliphatic carbocycles. The number of guanidine groups is 1. The molecule has 0 aromatic heterocycles. The van der Waals surface area contributed by atoms with Crippen molar-refractivity contribution in [3.8, 4) is 23.0 Å². The summed E-state index contributed by atoms with van der Waals surface area (Å²) in [5.41, 5.74) is 0.940. The summed E-state index contributed by atoms with van der Waals surface area (Å²) in [4.78, 5) is 6.35. The third-order valence-electron chi connectivity index (χ3n) is 4.23. The van der Waals surface area contributed by atoms with Gasteiger partial charge in [-0.15, -0.1) is 24.0 Å². The lowest BCUT2D eigenvalue weighted by Gasteiger charge is -2.23. The third-order valence-corrected chi connectivity index (χ3v) is 4.23. The molecule has 0 fully saturated rings. The first kappa shape index (κ1) is 24.7. The summed E-state index contributed by atoms with van der Waals surface area (Å²) in [6, 6.07) is 13.6. The highest BCUT2D eigenvalue weighted by Gasteiger charge is 2.16. The Morgan fingerprint density at radius 3 is 2.24 bits per heavy atom. The van der Waals surface area contributed by atoms with Crippen molar-refractivity contribution >= 4 is 29.9 Å². The molecule has 0 saturated carbocycles. The van der Waals surface area contributed by atoms with Gasteiger partial charge in [0.05, 0.1) is 27.9 Å². The van der Waals surface area contributed by atoms with Gasteiger partial charge < -0.3 is 29.2 Å². The van der Waals surface area contributed by atoms with E-state index in [1.54, 1.807) is 28.4 Å². The number of methoxy groups -OCH3 is 3. The molecular weight excluding hydrogens is 485 g/mol. The first-order valence-electron chi connectivity index (χ1n) is 9.02. The first-order valence-corrected chi connectivity index (χ1v) is 9.02. The van der Waals surface area contributed by atoms with Crippen molar-refractivity contribution in [2.45, 2.75) is 6.54 Å². The maximum atomic E-state index is 5.75. The van der Waals surface area contributed by atoms with Crippen LogP contribution in [0.3, 0.4) is 0 Å². The van der Waals surface area contributed by atoms with Crippen LogP contribution in [0.5, 0.6) is 23.0 Å². The Hall–Kier alpha value is -2.36. The van der Waals surface area contributed by atoms with Crippen molar-refractivity contribution in [3.05, 3.63) is 48.0 Å². The number of nitrogens with zero attached hydrogens (tertiary/aromatic N) is 2. The molecule has 2 aromatic rings. The fourth-order valence-electron chi connectivity index (χ4n) is 2.78. The largest absolute Gasteiger partial charge is 0.493 e. The molecule has 0 saturated heterocycles. The number of halogens is 1. The van der Waals surface area contributed by atoms with Gasteiger partial charge in [0.2, 0.25) is 5.75 Å². The molecule has 2 aromatic carbocycles. The predicted molar refractivity (Wildman–Crippen MR) is 126 cm³/mol. The zero-order valence-corrected chi connectivity index (χ0v) is 19.9. The number of para-hydroxylation sites is 1. The maximum absolute atomic E-state index is 5.75. The Kier molecular flexibility index (Phi) is 11.0. The second kappa shape index (κ2) is 13.0. The smallest absolute Gasteiger partial charge is 0.203 e. The lowest BCUT2D eigenvalue weighted by molar-refractivity contribution is 0.281. The van der Waals surface area contributed by atoms with E-state index in [0.717, 1.165) is 17.3 Å². The van der Waals surface area contributed by atoms with E-state index < -0.39 is 0 Å². The van der Waals surface area contributed by atoms with E-state index >= 15 is 0 Å². The van der Waals surface area contributed by atoms with Gasteiger partial charge in [-0.1, -0.05) is 18.2 Å². The molecule has 8 heteroatoms. The number of hydrogen-bond acceptors (Lipinski definition) is 5. The average molecular weight is 515 g/mol. The molecule has 29 heavy (non-hydrogen) atoms.